The highest BCUT2D eigenvalue weighted by molar-refractivity contribution is 14.0. The number of halogens is 1. The Kier molecular flexibility index (Phi) is 6.71. The molecule has 3 heterocycles. The third-order valence-electron chi connectivity index (χ3n) is 5.04. The smallest absolute Gasteiger partial charge is 0.191 e. The number of anilines is 1. The van der Waals surface area contributed by atoms with E-state index >= 15 is 0 Å². The number of pyridine rings is 1. The standard InChI is InChI=1S/C20H25N7.HI/c1-15(26-12-10-16-7-3-4-8-17(16)26)13-22-20(21-2)23-14-19-25-24-18-9-5-6-11-27(18)19;/h3-9,11,15H,10,12-14H2,1-2H3,(H2,21,22,23);1H. The average molecular weight is 491 g/mol. The normalized spacial score (nSPS) is 14.5. The molecule has 2 N–H and O–H groups in total. The first-order valence-corrected chi connectivity index (χ1v) is 9.34. The molecule has 28 heavy (non-hydrogen) atoms. The molecule has 4 rings (SSSR count). The number of rotatable bonds is 5. The monoisotopic (exact) mass is 491 g/mol. The fourth-order valence-corrected chi connectivity index (χ4v) is 3.57. The fourth-order valence-electron chi connectivity index (χ4n) is 3.57. The van der Waals surface area contributed by atoms with E-state index in [-0.39, 0.29) is 24.0 Å². The SMILES string of the molecule is CN=C(NCc1nnc2ccccn12)NCC(C)N1CCc2ccccc21.I. The molecule has 1 aliphatic heterocycles. The maximum Gasteiger partial charge on any atom is 0.191 e. The summed E-state index contributed by atoms with van der Waals surface area (Å²) in [4.78, 5) is 6.79. The lowest BCUT2D eigenvalue weighted by atomic mass is 10.2. The summed E-state index contributed by atoms with van der Waals surface area (Å²) in [6.45, 7) is 4.69. The minimum absolute atomic E-state index is 0. The van der Waals surface area contributed by atoms with Gasteiger partial charge < -0.3 is 15.5 Å². The van der Waals surface area contributed by atoms with Crippen LogP contribution in [0.15, 0.2) is 53.7 Å². The van der Waals surface area contributed by atoms with Crippen LogP contribution in [-0.2, 0) is 13.0 Å². The minimum atomic E-state index is 0. The molecule has 0 spiro atoms. The summed E-state index contributed by atoms with van der Waals surface area (Å²) < 4.78 is 1.98. The summed E-state index contributed by atoms with van der Waals surface area (Å²) in [5, 5.41) is 15.2. The number of hydrogen-bond acceptors (Lipinski definition) is 4. The highest BCUT2D eigenvalue weighted by Crippen LogP contribution is 2.28. The van der Waals surface area contributed by atoms with Crippen LogP contribution in [0.1, 0.15) is 18.3 Å². The number of fused-ring (bicyclic) bond motifs is 2. The van der Waals surface area contributed by atoms with E-state index in [9.17, 15) is 0 Å². The molecule has 0 amide bonds. The van der Waals surface area contributed by atoms with Gasteiger partial charge in [0.15, 0.2) is 17.4 Å². The first-order chi connectivity index (χ1) is 13.3. The highest BCUT2D eigenvalue weighted by Gasteiger charge is 2.22. The molecule has 7 nitrogen and oxygen atoms in total. The zero-order chi connectivity index (χ0) is 18.6. The van der Waals surface area contributed by atoms with Crippen molar-refractivity contribution in [3.63, 3.8) is 0 Å². The van der Waals surface area contributed by atoms with E-state index in [4.69, 9.17) is 0 Å². The van der Waals surface area contributed by atoms with E-state index in [1.54, 1.807) is 7.05 Å². The number of hydrogen-bond donors (Lipinski definition) is 2. The van der Waals surface area contributed by atoms with Crippen molar-refractivity contribution in [1.82, 2.24) is 25.2 Å². The molecule has 3 aromatic rings. The van der Waals surface area contributed by atoms with Crippen molar-refractivity contribution in [1.29, 1.82) is 0 Å². The second-order valence-corrected chi connectivity index (χ2v) is 6.77. The van der Waals surface area contributed by atoms with Crippen LogP contribution in [-0.4, -0.2) is 46.7 Å². The van der Waals surface area contributed by atoms with E-state index in [1.807, 2.05) is 28.8 Å². The summed E-state index contributed by atoms with van der Waals surface area (Å²) in [5.74, 6) is 1.62. The largest absolute Gasteiger partial charge is 0.366 e. The average Bonchev–Trinajstić information content (AvgIpc) is 3.32. The predicted molar refractivity (Wildman–Crippen MR) is 124 cm³/mol. The van der Waals surface area contributed by atoms with Crippen LogP contribution in [0.25, 0.3) is 5.65 Å². The Hall–Kier alpha value is -2.36. The van der Waals surface area contributed by atoms with Gasteiger partial charge in [-0.25, -0.2) is 0 Å². The van der Waals surface area contributed by atoms with Crippen molar-refractivity contribution in [3.05, 3.63) is 60.0 Å². The summed E-state index contributed by atoms with van der Waals surface area (Å²) >= 11 is 0. The van der Waals surface area contributed by atoms with Gasteiger partial charge in [0.1, 0.15) is 0 Å². The summed E-state index contributed by atoms with van der Waals surface area (Å²) in [6, 6.07) is 14.9. The molecule has 1 atom stereocenters. The maximum atomic E-state index is 4.33. The quantitative estimate of drug-likeness (QED) is 0.326. The Morgan fingerprint density at radius 1 is 1.14 bits per heavy atom. The first-order valence-electron chi connectivity index (χ1n) is 9.34. The summed E-state index contributed by atoms with van der Waals surface area (Å²) in [6.07, 6.45) is 3.09. The molecule has 2 aromatic heterocycles. The molecule has 0 saturated heterocycles. The van der Waals surface area contributed by atoms with Crippen LogP contribution in [0.4, 0.5) is 5.69 Å². The number of nitrogens with zero attached hydrogens (tertiary/aromatic N) is 5. The molecule has 1 aliphatic rings. The van der Waals surface area contributed by atoms with Crippen LogP contribution in [0.5, 0.6) is 0 Å². The van der Waals surface area contributed by atoms with E-state index in [2.05, 4.69) is 61.9 Å². The van der Waals surface area contributed by atoms with Gasteiger partial charge in [0.05, 0.1) is 6.54 Å². The molecule has 1 unspecified atom stereocenters. The number of guanidine groups is 1. The van der Waals surface area contributed by atoms with Gasteiger partial charge in [-0.05, 0) is 37.1 Å². The first kappa shape index (κ1) is 20.4. The van der Waals surface area contributed by atoms with Crippen LogP contribution in [0.2, 0.25) is 0 Å². The van der Waals surface area contributed by atoms with Gasteiger partial charge >= 0.3 is 0 Å². The second kappa shape index (κ2) is 9.22. The zero-order valence-corrected chi connectivity index (χ0v) is 18.5. The Bertz CT molecular complexity index is 952. The summed E-state index contributed by atoms with van der Waals surface area (Å²) in [5.41, 5.74) is 3.63. The van der Waals surface area contributed by atoms with Gasteiger partial charge in [0.25, 0.3) is 0 Å². The maximum absolute atomic E-state index is 4.33. The van der Waals surface area contributed by atoms with E-state index in [1.165, 1.54) is 11.3 Å². The van der Waals surface area contributed by atoms with Gasteiger partial charge in [-0.1, -0.05) is 24.3 Å². The predicted octanol–water partition coefficient (Wildman–Crippen LogP) is 2.46. The van der Waals surface area contributed by atoms with E-state index in [0.717, 1.165) is 36.9 Å². The van der Waals surface area contributed by atoms with Gasteiger partial charge in [-0.2, -0.15) is 0 Å². The molecule has 0 fully saturated rings. The number of aliphatic imine (C=N–C) groups is 1. The topological polar surface area (TPSA) is 69.8 Å². The van der Waals surface area contributed by atoms with E-state index in [0.29, 0.717) is 12.6 Å². The number of nitrogens with one attached hydrogen (secondary N) is 2. The Labute approximate surface area is 182 Å². The molecule has 148 valence electrons. The molecule has 0 saturated carbocycles. The van der Waals surface area contributed by atoms with E-state index < -0.39 is 0 Å². The number of benzene rings is 1. The van der Waals surface area contributed by atoms with Crippen molar-refractivity contribution >= 4 is 41.3 Å². The summed E-state index contributed by atoms with van der Waals surface area (Å²) in [7, 11) is 1.78. The van der Waals surface area contributed by atoms with Gasteiger partial charge in [-0.3, -0.25) is 9.39 Å². The Balaban J connectivity index is 0.00000225. The van der Waals surface area contributed by atoms with Crippen molar-refractivity contribution in [2.24, 2.45) is 4.99 Å². The Morgan fingerprint density at radius 3 is 2.82 bits per heavy atom. The van der Waals surface area contributed by atoms with Crippen LogP contribution < -0.4 is 15.5 Å². The molecule has 0 bridgehead atoms. The second-order valence-electron chi connectivity index (χ2n) is 6.77. The van der Waals surface area contributed by atoms with Crippen molar-refractivity contribution < 1.29 is 0 Å². The van der Waals surface area contributed by atoms with Crippen LogP contribution >= 0.6 is 24.0 Å². The number of aromatic nitrogens is 3. The third kappa shape index (κ3) is 4.21. The number of para-hydroxylation sites is 1. The minimum Gasteiger partial charge on any atom is -0.366 e. The molecule has 0 radical (unpaired) electrons. The molecular formula is C20H26IN7. The van der Waals surface area contributed by atoms with Gasteiger partial charge in [0.2, 0.25) is 0 Å². The van der Waals surface area contributed by atoms with Crippen LogP contribution in [0.3, 0.4) is 0 Å². The lowest BCUT2D eigenvalue weighted by molar-refractivity contribution is 0.624. The molecule has 0 aliphatic carbocycles. The lowest BCUT2D eigenvalue weighted by Crippen LogP contribution is -2.45. The van der Waals surface area contributed by atoms with Crippen LogP contribution in [0, 0.1) is 0 Å². The zero-order valence-electron chi connectivity index (χ0n) is 16.2. The highest BCUT2D eigenvalue weighted by atomic mass is 127. The van der Waals surface area contributed by atoms with Crippen molar-refractivity contribution in [3.8, 4) is 0 Å². The molecule has 1 aromatic carbocycles. The van der Waals surface area contributed by atoms with Gasteiger partial charge in [0, 0.05) is 38.1 Å². The van der Waals surface area contributed by atoms with Gasteiger partial charge in [-0.15, -0.1) is 34.2 Å². The third-order valence-corrected chi connectivity index (χ3v) is 5.04. The van der Waals surface area contributed by atoms with Crippen molar-refractivity contribution in [2.45, 2.75) is 25.9 Å². The van der Waals surface area contributed by atoms with Crippen molar-refractivity contribution in [2.75, 3.05) is 25.0 Å². The lowest BCUT2D eigenvalue weighted by Gasteiger charge is -2.28. The fraction of sp³-hybridized carbons (Fsp3) is 0.350. The Morgan fingerprint density at radius 2 is 1.96 bits per heavy atom. The molecule has 8 heteroatoms. The molecular weight excluding hydrogens is 465 g/mol.